The fraction of sp³-hybridized carbons (Fsp3) is 0.280. The van der Waals surface area contributed by atoms with E-state index in [1.165, 1.54) is 59.5 Å². The maximum absolute atomic E-state index is 15.4. The van der Waals surface area contributed by atoms with E-state index in [0.717, 1.165) is 155 Å². The lowest BCUT2D eigenvalue weighted by atomic mass is 9.79. The third kappa shape index (κ3) is 17.4. The van der Waals surface area contributed by atoms with Gasteiger partial charge in [0.2, 0.25) is 0 Å². The Labute approximate surface area is 576 Å². The van der Waals surface area contributed by atoms with Gasteiger partial charge in [-0.3, -0.25) is 10.00 Å². The molecule has 12 rings (SSSR count). The van der Waals surface area contributed by atoms with E-state index < -0.39 is 35.3 Å². The molecule has 8 aromatic carbocycles. The number of H-pyrrole nitrogens is 1. The van der Waals surface area contributed by atoms with Crippen LogP contribution in [0.25, 0.3) is 39.8 Å². The average Bonchev–Trinajstić information content (AvgIpc) is 1.53. The number of alkyl halides is 1. The summed E-state index contributed by atoms with van der Waals surface area (Å²) in [4.78, 5) is 25.9. The lowest BCUT2D eigenvalue weighted by Gasteiger charge is -2.44. The lowest BCUT2D eigenvalue weighted by Crippen LogP contribution is -2.47. The predicted octanol–water partition coefficient (Wildman–Crippen LogP) is 18.6. The van der Waals surface area contributed by atoms with Crippen LogP contribution >= 0.6 is 11.6 Å². The number of aromatic nitrogens is 2. The van der Waals surface area contributed by atoms with Gasteiger partial charge in [-0.05, 0) is 247 Å². The molecule has 11 nitrogen and oxygen atoms in total. The normalized spacial score (nSPS) is 16.2. The zero-order valence-corrected chi connectivity index (χ0v) is 57.2. The number of hydrogen-bond acceptors (Lipinski definition) is 8. The minimum Gasteiger partial charge on any atom is -0.508 e. The van der Waals surface area contributed by atoms with E-state index in [0.29, 0.717) is 36.0 Å². The SMILES string of the molecule is CC/C(=C(/c1ccc(/C=C/C(=O)O)cc1)c1ccc2[nH]ncc2c1)c1ccc(F)cc1Cl.CCNCCc1ccc(CN(CC)c2cc(OC)ccc2[C@@H]2CCc3cc(O)ccc3C2)cc1.C[C@@H]1CC2=C(Cc3ccccc32)[C@@H](c2c(F)cc(/C=C/C(=O)O)cc2F)N1CC(C)(C)F. The van der Waals surface area contributed by atoms with E-state index in [4.69, 9.17) is 26.6 Å². The van der Waals surface area contributed by atoms with Crippen LogP contribution in [0.2, 0.25) is 5.02 Å². The standard InChI is InChI=1S/C30H38N2O2.C26H20ClFN2O2.C26H26F3NO2/c1-4-31-17-16-22-6-8-23(9-7-22)21-32(5-2)30-20-28(34-3)14-15-29(30)26-11-10-25-19-27(33)13-12-24(25)18-26;1-2-21(22-10-9-20(28)14-23(22)27)26(18-8-11-24-19(13-18)15-29-30-24)17-6-3-16(4-7-17)5-12-25(31)32;1-15-10-19-18-7-5-4-6-17(18)13-20(19)25(30(15)14-26(2,3)29)24-21(27)11-16(12-22(24)28)8-9-23(31)32/h6-9,12-15,19-20,26,31,33H,4-5,10-11,16-18,21H2,1-3H3;3-15H,2H2,1H3,(H,29,30)(H,31,32);4-9,11-12,15,25H,10,13-14H2,1-3H3,(H,31,32)/b;12-5+,26-21+;9-8+/t26-;;15-,25+/m1.1/s1. The third-order valence-corrected chi connectivity index (χ3v) is 18.8. The fourth-order valence-electron chi connectivity index (χ4n) is 13.8. The van der Waals surface area contributed by atoms with E-state index in [-0.39, 0.29) is 29.5 Å². The molecule has 1 aromatic heterocycles. The molecule has 508 valence electrons. The van der Waals surface area contributed by atoms with Crippen LogP contribution in [-0.4, -0.2) is 87.4 Å². The first kappa shape index (κ1) is 71.2. The smallest absolute Gasteiger partial charge is 0.328 e. The zero-order chi connectivity index (χ0) is 69.8. The number of ether oxygens (including phenoxy) is 1. The van der Waals surface area contributed by atoms with Crippen molar-refractivity contribution in [3.63, 3.8) is 0 Å². The van der Waals surface area contributed by atoms with Crippen molar-refractivity contribution in [1.29, 1.82) is 0 Å². The molecule has 5 N–H and O–H groups in total. The second-order valence-electron chi connectivity index (χ2n) is 25.8. The molecule has 0 spiro atoms. The Hall–Kier alpha value is -9.54. The molecule has 1 aliphatic heterocycles. The molecule has 0 saturated heterocycles. The van der Waals surface area contributed by atoms with Crippen molar-refractivity contribution in [3.05, 3.63) is 276 Å². The first-order valence-electron chi connectivity index (χ1n) is 33.4. The van der Waals surface area contributed by atoms with E-state index in [9.17, 15) is 23.5 Å². The van der Waals surface area contributed by atoms with Crippen molar-refractivity contribution in [2.45, 2.75) is 117 Å². The van der Waals surface area contributed by atoms with Crippen LogP contribution in [0, 0.1) is 17.5 Å². The number of aryl methyl sites for hydroxylation is 1. The van der Waals surface area contributed by atoms with E-state index in [1.807, 2.05) is 91.5 Å². The van der Waals surface area contributed by atoms with E-state index in [1.54, 1.807) is 25.4 Å². The van der Waals surface area contributed by atoms with Crippen LogP contribution in [-0.2, 0) is 41.8 Å². The monoisotopic (exact) mass is 1350 g/mol. The summed E-state index contributed by atoms with van der Waals surface area (Å²) in [6.07, 6.45) is 12.5. The lowest BCUT2D eigenvalue weighted by molar-refractivity contribution is -0.132. The van der Waals surface area contributed by atoms with Gasteiger partial charge in [0, 0.05) is 60.5 Å². The van der Waals surface area contributed by atoms with Crippen molar-refractivity contribution in [2.75, 3.05) is 38.2 Å². The molecular weight excluding hydrogens is 1260 g/mol. The van der Waals surface area contributed by atoms with Crippen LogP contribution in [0.1, 0.15) is 145 Å². The minimum atomic E-state index is -1.55. The number of likely N-dealkylation sites (N-methyl/N-ethyl adjacent to an activating group) is 1. The number of phenolic OH excluding ortho intramolecular Hbond substituents is 1. The Bertz CT molecular complexity index is 4440. The quantitative estimate of drug-likeness (QED) is 0.0204. The molecule has 0 amide bonds. The molecule has 2 heterocycles. The van der Waals surface area contributed by atoms with Crippen LogP contribution in [0.3, 0.4) is 0 Å². The van der Waals surface area contributed by atoms with Crippen LogP contribution in [0.4, 0.5) is 23.2 Å². The highest BCUT2D eigenvalue weighted by Gasteiger charge is 2.43. The molecule has 0 fully saturated rings. The van der Waals surface area contributed by atoms with Crippen molar-refractivity contribution >= 4 is 69.0 Å². The van der Waals surface area contributed by atoms with Gasteiger partial charge in [-0.2, -0.15) is 5.10 Å². The number of aliphatic carboxylic acids is 2. The zero-order valence-electron chi connectivity index (χ0n) is 56.4. The Balaban J connectivity index is 0.000000159. The predicted molar refractivity (Wildman–Crippen MR) is 387 cm³/mol. The van der Waals surface area contributed by atoms with Gasteiger partial charge in [0.1, 0.15) is 34.6 Å². The average molecular weight is 1350 g/mol. The number of hydrogen-bond donors (Lipinski definition) is 5. The van der Waals surface area contributed by atoms with Crippen molar-refractivity contribution < 1.29 is 47.2 Å². The second-order valence-corrected chi connectivity index (χ2v) is 26.2. The van der Waals surface area contributed by atoms with Crippen LogP contribution in [0.15, 0.2) is 182 Å². The first-order chi connectivity index (χ1) is 47.1. The highest BCUT2D eigenvalue weighted by molar-refractivity contribution is 6.32. The van der Waals surface area contributed by atoms with Gasteiger partial charge < -0.3 is 30.3 Å². The molecule has 2 aliphatic carbocycles. The van der Waals surface area contributed by atoms with Crippen LogP contribution < -0.4 is 15.0 Å². The summed E-state index contributed by atoms with van der Waals surface area (Å²) in [7, 11) is 1.74. The molecule has 9 aromatic rings. The number of carboxylic acids is 2. The molecule has 3 aliphatic rings. The number of carbonyl (C=O) groups is 2. The Kier molecular flexibility index (Phi) is 23.4. The van der Waals surface area contributed by atoms with E-state index in [2.05, 4.69) is 88.9 Å². The molecule has 3 atom stereocenters. The number of benzene rings is 8. The molecule has 0 bridgehead atoms. The number of nitrogens with zero attached hydrogens (tertiary/aromatic N) is 3. The molecule has 0 radical (unpaired) electrons. The van der Waals surface area contributed by atoms with Gasteiger partial charge in [-0.25, -0.2) is 27.2 Å². The molecule has 0 unspecified atom stereocenters. The summed E-state index contributed by atoms with van der Waals surface area (Å²) >= 11 is 6.44. The van der Waals surface area contributed by atoms with Gasteiger partial charge in [0.05, 0.1) is 29.9 Å². The summed E-state index contributed by atoms with van der Waals surface area (Å²) in [6, 6.07) is 48.9. The highest BCUT2D eigenvalue weighted by atomic mass is 35.5. The molecular formula is C82H84ClF4N5O6. The summed E-state index contributed by atoms with van der Waals surface area (Å²) in [6.45, 7) is 15.2. The van der Waals surface area contributed by atoms with Crippen molar-refractivity contribution in [2.24, 2.45) is 0 Å². The van der Waals surface area contributed by atoms with E-state index >= 15 is 8.78 Å². The number of carboxylic acid groups (broad SMARTS) is 2. The van der Waals surface area contributed by atoms with Gasteiger partial charge in [0.15, 0.2) is 0 Å². The third-order valence-electron chi connectivity index (χ3n) is 18.5. The number of allylic oxidation sites excluding steroid dienone is 1. The number of rotatable bonds is 21. The number of aromatic hydroxyl groups is 1. The number of methoxy groups -OCH3 is 1. The fourth-order valence-corrected chi connectivity index (χ4v) is 14.1. The maximum atomic E-state index is 15.4. The second kappa shape index (κ2) is 32.2. The number of halogens is 5. The molecule has 0 saturated carbocycles. The Morgan fingerprint density at radius 2 is 1.49 bits per heavy atom. The number of anilines is 1. The Morgan fingerprint density at radius 1 is 0.786 bits per heavy atom. The number of fused-ring (bicyclic) bond motifs is 4. The summed E-state index contributed by atoms with van der Waals surface area (Å²) in [5.74, 6) is -2.39. The first-order valence-corrected chi connectivity index (χ1v) is 33.8. The molecule has 98 heavy (non-hydrogen) atoms. The largest absolute Gasteiger partial charge is 0.508 e. The maximum Gasteiger partial charge on any atom is 0.328 e. The van der Waals surface area contributed by atoms with Gasteiger partial charge in [0.25, 0.3) is 0 Å². The van der Waals surface area contributed by atoms with Crippen molar-refractivity contribution in [3.8, 4) is 11.5 Å². The van der Waals surface area contributed by atoms with Gasteiger partial charge >= 0.3 is 11.9 Å². The Morgan fingerprint density at radius 3 is 2.16 bits per heavy atom. The summed E-state index contributed by atoms with van der Waals surface area (Å²) in [5.41, 5.74) is 17.0. The number of nitrogens with one attached hydrogen (secondary N) is 2. The number of aromatic amines is 1. The summed E-state index contributed by atoms with van der Waals surface area (Å²) in [5, 5.41) is 39.3. The topological polar surface area (TPSA) is 151 Å². The summed E-state index contributed by atoms with van der Waals surface area (Å²) < 4.78 is 64.9. The number of phenols is 1. The minimum absolute atomic E-state index is 0.0332. The van der Waals surface area contributed by atoms with Gasteiger partial charge in [-0.15, -0.1) is 0 Å². The van der Waals surface area contributed by atoms with Gasteiger partial charge in [-0.1, -0.05) is 123 Å². The molecule has 16 heteroatoms. The van der Waals surface area contributed by atoms with Crippen molar-refractivity contribution in [1.82, 2.24) is 20.4 Å². The highest BCUT2D eigenvalue weighted by Crippen LogP contribution is 2.51. The van der Waals surface area contributed by atoms with Crippen LogP contribution in [0.5, 0.6) is 11.5 Å².